The first-order valence-electron chi connectivity index (χ1n) is 3.93. The molecule has 0 heterocycles. The molecule has 1 rings (SSSR count). The van der Waals surface area contributed by atoms with Gasteiger partial charge < -0.3 is 4.74 Å². The fourth-order valence-electron chi connectivity index (χ4n) is 0.922. The Morgan fingerprint density at radius 3 is 2.71 bits per heavy atom. The molecule has 0 radical (unpaired) electrons. The summed E-state index contributed by atoms with van der Waals surface area (Å²) >= 11 is 3.31. The summed E-state index contributed by atoms with van der Waals surface area (Å²) in [4.78, 5) is 10.9. The Kier molecular flexibility index (Phi) is 3.65. The van der Waals surface area contributed by atoms with E-state index < -0.39 is 5.97 Å². The van der Waals surface area contributed by atoms with Gasteiger partial charge in [-0.15, -0.1) is 0 Å². The van der Waals surface area contributed by atoms with E-state index in [-0.39, 0.29) is 0 Å². The lowest BCUT2D eigenvalue weighted by Crippen LogP contribution is -2.04. The normalized spacial score (nSPS) is 9.21. The van der Waals surface area contributed by atoms with E-state index in [1.165, 1.54) is 0 Å². The molecule has 0 saturated carbocycles. The van der Waals surface area contributed by atoms with E-state index in [4.69, 9.17) is 4.74 Å². The van der Waals surface area contributed by atoms with Crippen molar-refractivity contribution in [3.63, 3.8) is 0 Å². The lowest BCUT2D eigenvalue weighted by Gasteiger charge is -2.05. The van der Waals surface area contributed by atoms with Gasteiger partial charge in [-0.1, -0.05) is 35.2 Å². The van der Waals surface area contributed by atoms with Crippen LogP contribution in [-0.4, -0.2) is 5.97 Å². The van der Waals surface area contributed by atoms with Crippen molar-refractivity contribution in [2.45, 2.75) is 0 Å². The number of rotatable bonds is 3. The van der Waals surface area contributed by atoms with Crippen molar-refractivity contribution >= 4 is 28.0 Å². The summed E-state index contributed by atoms with van der Waals surface area (Å²) in [5.74, 6) is 0.00326. The van der Waals surface area contributed by atoms with E-state index in [0.717, 1.165) is 16.1 Å². The Morgan fingerprint density at radius 1 is 1.43 bits per heavy atom. The van der Waals surface area contributed by atoms with Crippen molar-refractivity contribution in [2.75, 3.05) is 0 Å². The molecule has 0 amide bonds. The van der Waals surface area contributed by atoms with Gasteiger partial charge in [0, 0.05) is 16.1 Å². The van der Waals surface area contributed by atoms with Crippen LogP contribution in [-0.2, 0) is 4.79 Å². The van der Waals surface area contributed by atoms with Crippen LogP contribution in [0.2, 0.25) is 0 Å². The third-order valence-electron chi connectivity index (χ3n) is 1.57. The highest BCUT2D eigenvalue weighted by Gasteiger charge is 2.04. The molecular formula is C11H9BrO2. The first kappa shape index (κ1) is 10.7. The number of hydrogen-bond acceptors (Lipinski definition) is 2. The Bertz CT molecular complexity index is 383. The lowest BCUT2D eigenvalue weighted by atomic mass is 10.2. The van der Waals surface area contributed by atoms with E-state index in [1.807, 2.05) is 6.07 Å². The first-order valence-corrected chi connectivity index (χ1v) is 4.73. The molecule has 1 aromatic carbocycles. The zero-order valence-corrected chi connectivity index (χ0v) is 9.08. The maximum Gasteiger partial charge on any atom is 0.335 e. The average Bonchev–Trinajstić information content (AvgIpc) is 2.20. The van der Waals surface area contributed by atoms with Crippen LogP contribution in [0.15, 0.2) is 41.9 Å². The van der Waals surface area contributed by atoms with Crippen LogP contribution in [0.5, 0.6) is 5.75 Å². The molecule has 0 aliphatic carbocycles. The van der Waals surface area contributed by atoms with Crippen molar-refractivity contribution < 1.29 is 9.53 Å². The summed E-state index contributed by atoms with van der Waals surface area (Å²) in [6, 6.07) is 5.31. The molecule has 0 aromatic heterocycles. The van der Waals surface area contributed by atoms with Gasteiger partial charge in [-0.05, 0) is 18.2 Å². The second-order valence-corrected chi connectivity index (χ2v) is 3.43. The van der Waals surface area contributed by atoms with Gasteiger partial charge in [-0.3, -0.25) is 0 Å². The van der Waals surface area contributed by atoms with Crippen molar-refractivity contribution in [2.24, 2.45) is 0 Å². The lowest BCUT2D eigenvalue weighted by molar-refractivity contribution is -0.128. The zero-order valence-electron chi connectivity index (χ0n) is 7.50. The fourth-order valence-corrected chi connectivity index (χ4v) is 1.30. The highest BCUT2D eigenvalue weighted by Crippen LogP contribution is 2.24. The highest BCUT2D eigenvalue weighted by molar-refractivity contribution is 9.10. The summed E-state index contributed by atoms with van der Waals surface area (Å²) in [5, 5.41) is 0. The molecule has 0 bridgehead atoms. The van der Waals surface area contributed by atoms with Crippen molar-refractivity contribution in [3.8, 4) is 5.75 Å². The molecule has 0 spiro atoms. The van der Waals surface area contributed by atoms with E-state index in [9.17, 15) is 4.79 Å². The predicted octanol–water partition coefficient (Wildman–Crippen LogP) is 3.18. The van der Waals surface area contributed by atoms with Gasteiger partial charge in [0.05, 0.1) is 0 Å². The molecule has 0 atom stereocenters. The summed E-state index contributed by atoms with van der Waals surface area (Å²) in [5.41, 5.74) is 0.759. The topological polar surface area (TPSA) is 26.3 Å². The van der Waals surface area contributed by atoms with E-state index in [0.29, 0.717) is 5.75 Å². The molecule has 72 valence electrons. The van der Waals surface area contributed by atoms with Gasteiger partial charge in [-0.2, -0.15) is 0 Å². The molecule has 2 nitrogen and oxygen atoms in total. The second-order valence-electron chi connectivity index (χ2n) is 2.51. The molecule has 0 aliphatic heterocycles. The van der Waals surface area contributed by atoms with Crippen LogP contribution < -0.4 is 4.74 Å². The first-order chi connectivity index (χ1) is 6.67. The van der Waals surface area contributed by atoms with Gasteiger partial charge in [0.25, 0.3) is 0 Å². The molecule has 14 heavy (non-hydrogen) atoms. The molecule has 0 N–H and O–H groups in total. The third-order valence-corrected chi connectivity index (χ3v) is 2.06. The van der Waals surface area contributed by atoms with Crippen LogP contribution in [0.25, 0.3) is 6.08 Å². The van der Waals surface area contributed by atoms with Crippen molar-refractivity contribution in [1.82, 2.24) is 0 Å². The number of hydrogen-bond donors (Lipinski definition) is 0. The Morgan fingerprint density at radius 2 is 2.14 bits per heavy atom. The number of halogens is 1. The van der Waals surface area contributed by atoms with E-state index >= 15 is 0 Å². The zero-order chi connectivity index (χ0) is 10.6. The minimum atomic E-state index is -0.476. The summed E-state index contributed by atoms with van der Waals surface area (Å²) in [6.45, 7) is 6.95. The number of esters is 1. The van der Waals surface area contributed by atoms with E-state index in [2.05, 4.69) is 29.1 Å². The average molecular weight is 253 g/mol. The largest absolute Gasteiger partial charge is 0.423 e. The molecule has 1 aromatic rings. The van der Waals surface area contributed by atoms with Crippen molar-refractivity contribution in [1.29, 1.82) is 0 Å². The predicted molar refractivity (Wildman–Crippen MR) is 60.1 cm³/mol. The van der Waals surface area contributed by atoms with Crippen molar-refractivity contribution in [3.05, 3.63) is 47.5 Å². The summed E-state index contributed by atoms with van der Waals surface area (Å²) in [7, 11) is 0. The molecule has 0 fully saturated rings. The Balaban J connectivity index is 3.01. The van der Waals surface area contributed by atoms with Crippen LogP contribution in [0.4, 0.5) is 0 Å². The molecular weight excluding hydrogens is 244 g/mol. The standard InChI is InChI=1S/C11H9BrO2/c1-3-8-7-9(12)5-6-10(8)14-11(13)4-2/h3-7H,1-2H2. The monoisotopic (exact) mass is 252 g/mol. The molecule has 0 aliphatic rings. The quantitative estimate of drug-likeness (QED) is 0.469. The highest BCUT2D eigenvalue weighted by atomic mass is 79.9. The SMILES string of the molecule is C=CC(=O)Oc1ccc(Br)cc1C=C. The third kappa shape index (κ3) is 2.57. The minimum Gasteiger partial charge on any atom is -0.423 e. The second kappa shape index (κ2) is 4.77. The summed E-state index contributed by atoms with van der Waals surface area (Å²) < 4.78 is 5.90. The number of benzene rings is 1. The summed E-state index contributed by atoms with van der Waals surface area (Å²) in [6.07, 6.45) is 2.74. The molecule has 0 unspecified atom stereocenters. The van der Waals surface area contributed by atoms with E-state index in [1.54, 1.807) is 18.2 Å². The number of ether oxygens (including phenoxy) is 1. The molecule has 0 saturated heterocycles. The maximum atomic E-state index is 10.9. The van der Waals surface area contributed by atoms with Gasteiger partial charge in [0.2, 0.25) is 0 Å². The maximum absolute atomic E-state index is 10.9. The smallest absolute Gasteiger partial charge is 0.335 e. The van der Waals surface area contributed by atoms with Crippen LogP contribution in [0, 0.1) is 0 Å². The molecule has 3 heteroatoms. The Hall–Kier alpha value is -1.35. The van der Waals surface area contributed by atoms with Crippen LogP contribution in [0.1, 0.15) is 5.56 Å². The van der Waals surface area contributed by atoms with Gasteiger partial charge in [-0.25, -0.2) is 4.79 Å². The van der Waals surface area contributed by atoms with Crippen LogP contribution >= 0.6 is 15.9 Å². The van der Waals surface area contributed by atoms with Gasteiger partial charge >= 0.3 is 5.97 Å². The van der Waals surface area contributed by atoms with Gasteiger partial charge in [0.1, 0.15) is 5.75 Å². The number of carbonyl (C=O) groups is 1. The fraction of sp³-hybridized carbons (Fsp3) is 0. The van der Waals surface area contributed by atoms with Gasteiger partial charge in [0.15, 0.2) is 0 Å². The Labute approximate surface area is 91.0 Å². The minimum absolute atomic E-state index is 0.476. The number of carbonyl (C=O) groups excluding carboxylic acids is 1. The van der Waals surface area contributed by atoms with Crippen LogP contribution in [0.3, 0.4) is 0 Å².